The van der Waals surface area contributed by atoms with Gasteiger partial charge >= 0.3 is 15.6 Å². The Kier molecular flexibility index (Phi) is 7.50. The molecule has 0 saturated carbocycles. The van der Waals surface area contributed by atoms with E-state index in [0.717, 1.165) is 0 Å². The van der Waals surface area contributed by atoms with Gasteiger partial charge in [0.25, 0.3) is 0 Å². The van der Waals surface area contributed by atoms with Gasteiger partial charge in [0.15, 0.2) is 0 Å². The summed E-state index contributed by atoms with van der Waals surface area (Å²) in [4.78, 5) is 38.7. The molecule has 0 radical (unpaired) electrons. The Morgan fingerprint density at radius 1 is 0.525 bits per heavy atom. The van der Waals surface area contributed by atoms with Crippen LogP contribution in [0.3, 0.4) is 0 Å². The number of aromatic hydroxyl groups is 2. The molecule has 0 spiro atoms. The van der Waals surface area contributed by atoms with E-state index >= 15 is 0 Å². The van der Waals surface area contributed by atoms with Crippen molar-refractivity contribution in [2.45, 2.75) is 25.7 Å². The van der Waals surface area contributed by atoms with E-state index in [0.29, 0.717) is 44.5 Å². The Labute approximate surface area is 229 Å². The van der Waals surface area contributed by atoms with E-state index < -0.39 is 15.6 Å². The van der Waals surface area contributed by atoms with Crippen LogP contribution in [0.1, 0.15) is 44.5 Å². The number of phosphoric acid groups is 2. The summed E-state index contributed by atoms with van der Waals surface area (Å²) in [7, 11) is -9.89. The maximum absolute atomic E-state index is 11.9. The Hall–Kier alpha value is -3.62. The summed E-state index contributed by atoms with van der Waals surface area (Å²) in [5, 5.41) is 21.7. The number of phenolic OH excluding ortho intramolecular Hbond substituents is 2. The molecule has 12 heteroatoms. The maximum Gasteiger partial charge on any atom is 0.524 e. The first-order valence-corrected chi connectivity index (χ1v) is 15.2. The number of phosphoric ester groups is 2. The van der Waals surface area contributed by atoms with Crippen molar-refractivity contribution in [1.82, 2.24) is 0 Å². The normalized spacial score (nSPS) is 13.5. The van der Waals surface area contributed by atoms with Crippen molar-refractivity contribution in [3.8, 4) is 23.0 Å². The van der Waals surface area contributed by atoms with Crippen LogP contribution in [-0.4, -0.2) is 29.8 Å². The first kappa shape index (κ1) is 27.9. The fourth-order valence-electron chi connectivity index (χ4n) is 5.03. The predicted octanol–water partition coefficient (Wildman–Crippen LogP) is 4.72. The summed E-state index contributed by atoms with van der Waals surface area (Å²) in [6.45, 7) is 0. The van der Waals surface area contributed by atoms with Crippen LogP contribution in [0.5, 0.6) is 23.0 Å². The topological polar surface area (TPSA) is 174 Å². The predicted molar refractivity (Wildman–Crippen MR) is 146 cm³/mol. The van der Waals surface area contributed by atoms with Crippen molar-refractivity contribution < 1.29 is 48.0 Å². The largest absolute Gasteiger partial charge is 0.524 e. The summed E-state index contributed by atoms with van der Waals surface area (Å²) >= 11 is 0. The molecule has 0 heterocycles. The Bertz CT molecular complexity index is 1570. The molecular formula is C28H26O10P2. The molecule has 6 N–H and O–H groups in total. The third-order valence-corrected chi connectivity index (χ3v) is 7.41. The fourth-order valence-corrected chi connectivity index (χ4v) is 5.98. The van der Waals surface area contributed by atoms with E-state index in [4.69, 9.17) is 9.05 Å². The Morgan fingerprint density at radius 3 is 1.25 bits per heavy atom. The van der Waals surface area contributed by atoms with Crippen molar-refractivity contribution in [2.24, 2.45) is 0 Å². The van der Waals surface area contributed by atoms with Gasteiger partial charge in [-0.1, -0.05) is 60.7 Å². The highest BCUT2D eigenvalue weighted by Crippen LogP contribution is 2.45. The van der Waals surface area contributed by atoms with Gasteiger partial charge in [0.2, 0.25) is 0 Å². The average molecular weight is 584 g/mol. The molecular weight excluding hydrogens is 558 g/mol. The van der Waals surface area contributed by atoms with Crippen LogP contribution in [0.25, 0.3) is 0 Å². The summed E-state index contributed by atoms with van der Waals surface area (Å²) in [6, 6.07) is 19.9. The third kappa shape index (κ3) is 6.57. The first-order chi connectivity index (χ1) is 18.8. The zero-order valence-corrected chi connectivity index (χ0v) is 22.8. The van der Waals surface area contributed by atoms with E-state index in [1.807, 2.05) is 0 Å². The standard InChI is InChI=1S/C28H26O10P2/c29-25-13-17-10-18(14-25)12-22-7-3-9-24(28(22)38-40(34,35)36)16-20-5-1-4-19(26(20)30)15-23-8-2-6-21(11-17)27(23)37-39(31,32)33/h1-10,13-14,29-30H,11-12,15-16H2,(H2,31,32,33)(H2,34,35,36). The number of hydrogen-bond donors (Lipinski definition) is 6. The van der Waals surface area contributed by atoms with Gasteiger partial charge in [-0.05, 0) is 56.6 Å². The summed E-state index contributed by atoms with van der Waals surface area (Å²) in [5.74, 6) is -0.166. The summed E-state index contributed by atoms with van der Waals surface area (Å²) < 4.78 is 34.1. The van der Waals surface area contributed by atoms with Crippen molar-refractivity contribution in [3.05, 3.63) is 117 Å². The molecule has 1 aliphatic carbocycles. The molecule has 0 aromatic heterocycles. The van der Waals surface area contributed by atoms with E-state index in [-0.39, 0.29) is 48.7 Å². The Balaban J connectivity index is 1.74. The Morgan fingerprint density at radius 2 is 0.875 bits per heavy atom. The molecule has 0 atom stereocenters. The lowest BCUT2D eigenvalue weighted by Gasteiger charge is -2.20. The zero-order valence-electron chi connectivity index (χ0n) is 21.0. The lowest BCUT2D eigenvalue weighted by Crippen LogP contribution is -2.04. The molecule has 8 bridgehead atoms. The van der Waals surface area contributed by atoms with E-state index in [1.54, 1.807) is 60.7 Å². The lowest BCUT2D eigenvalue weighted by molar-refractivity contribution is 0.279. The highest BCUT2D eigenvalue weighted by molar-refractivity contribution is 7.47. The zero-order chi connectivity index (χ0) is 28.7. The van der Waals surface area contributed by atoms with Crippen LogP contribution < -0.4 is 9.05 Å². The van der Waals surface area contributed by atoms with Crippen LogP contribution in [0.4, 0.5) is 0 Å². The minimum absolute atomic E-state index is 0.0137. The molecule has 0 unspecified atom stereocenters. The van der Waals surface area contributed by atoms with Gasteiger partial charge in [0.1, 0.15) is 23.0 Å². The van der Waals surface area contributed by atoms with Crippen LogP contribution in [0.15, 0.2) is 72.8 Å². The average Bonchev–Trinajstić information content (AvgIpc) is 2.83. The number of para-hydroxylation sites is 3. The van der Waals surface area contributed by atoms with Crippen molar-refractivity contribution >= 4 is 15.6 Å². The van der Waals surface area contributed by atoms with Gasteiger partial charge in [0, 0.05) is 25.7 Å². The number of phenols is 2. The molecule has 4 aromatic rings. The molecule has 1 aliphatic rings. The van der Waals surface area contributed by atoms with E-state index in [2.05, 4.69) is 0 Å². The van der Waals surface area contributed by atoms with E-state index in [1.165, 1.54) is 12.1 Å². The summed E-state index contributed by atoms with van der Waals surface area (Å²) in [5.41, 5.74) is 3.86. The molecule has 0 amide bonds. The van der Waals surface area contributed by atoms with Crippen LogP contribution >= 0.6 is 15.6 Å². The second kappa shape index (κ2) is 10.7. The minimum atomic E-state index is -4.95. The van der Waals surface area contributed by atoms with Gasteiger partial charge in [-0.25, -0.2) is 9.13 Å². The number of hydrogen-bond acceptors (Lipinski definition) is 6. The molecule has 0 aliphatic heterocycles. The number of rotatable bonds is 4. The highest BCUT2D eigenvalue weighted by Gasteiger charge is 2.25. The first-order valence-electron chi connectivity index (χ1n) is 12.2. The molecule has 0 saturated heterocycles. The smallest absolute Gasteiger partial charge is 0.508 e. The van der Waals surface area contributed by atoms with E-state index in [9.17, 15) is 38.9 Å². The van der Waals surface area contributed by atoms with Gasteiger partial charge < -0.3 is 19.3 Å². The molecule has 40 heavy (non-hydrogen) atoms. The number of fused-ring (bicyclic) bond motifs is 8. The van der Waals surface area contributed by atoms with Gasteiger partial charge in [-0.3, -0.25) is 19.6 Å². The van der Waals surface area contributed by atoms with Crippen molar-refractivity contribution in [2.75, 3.05) is 0 Å². The van der Waals surface area contributed by atoms with Crippen LogP contribution in [-0.2, 0) is 34.8 Å². The van der Waals surface area contributed by atoms with Gasteiger partial charge in [-0.2, -0.15) is 0 Å². The summed E-state index contributed by atoms with van der Waals surface area (Å²) in [6.07, 6.45) is 0.422. The van der Waals surface area contributed by atoms with Crippen molar-refractivity contribution in [1.29, 1.82) is 0 Å². The minimum Gasteiger partial charge on any atom is -0.508 e. The fraction of sp³-hybridized carbons (Fsp3) is 0.143. The van der Waals surface area contributed by atoms with Gasteiger partial charge in [-0.15, -0.1) is 0 Å². The molecule has 208 valence electrons. The molecule has 5 rings (SSSR count). The quantitative estimate of drug-likeness (QED) is 0.162. The van der Waals surface area contributed by atoms with Crippen molar-refractivity contribution in [3.63, 3.8) is 0 Å². The third-order valence-electron chi connectivity index (χ3n) is 6.57. The highest BCUT2D eigenvalue weighted by atomic mass is 31.2. The number of benzene rings is 4. The van der Waals surface area contributed by atoms with Gasteiger partial charge in [0.05, 0.1) is 0 Å². The van der Waals surface area contributed by atoms with Crippen LogP contribution in [0.2, 0.25) is 0 Å². The maximum atomic E-state index is 11.9. The lowest BCUT2D eigenvalue weighted by atomic mass is 9.92. The SMILES string of the molecule is O=P(O)(O)Oc1c2cccc1Cc1cccc(c1O)Cc1cccc(c1OP(=O)(O)O)Cc1cc(O)cc(c1)C2. The second-order valence-corrected chi connectivity index (χ2v) is 11.9. The van der Waals surface area contributed by atoms with Crippen LogP contribution in [0, 0.1) is 0 Å². The second-order valence-electron chi connectivity index (χ2n) is 9.61. The molecule has 0 fully saturated rings. The molecule has 10 nitrogen and oxygen atoms in total. The monoisotopic (exact) mass is 584 g/mol. The molecule has 4 aromatic carbocycles.